The van der Waals surface area contributed by atoms with E-state index in [4.69, 9.17) is 5.73 Å². The average molecular weight is 350 g/mol. The summed E-state index contributed by atoms with van der Waals surface area (Å²) in [7, 11) is 0. The first-order valence-corrected chi connectivity index (χ1v) is 8.52. The highest BCUT2D eigenvalue weighted by molar-refractivity contribution is 5.82. The van der Waals surface area contributed by atoms with Crippen molar-refractivity contribution in [2.45, 2.75) is 25.6 Å². The Morgan fingerprint density at radius 1 is 1.15 bits per heavy atom. The summed E-state index contributed by atoms with van der Waals surface area (Å²) in [4.78, 5) is 14.5. The molecule has 0 saturated carbocycles. The second-order valence-electron chi connectivity index (χ2n) is 6.50. The lowest BCUT2D eigenvalue weighted by atomic mass is 10.1. The Morgan fingerprint density at radius 3 is 2.73 bits per heavy atom. The Balaban J connectivity index is 1.48. The van der Waals surface area contributed by atoms with E-state index >= 15 is 0 Å². The molecular formula is C20H19FN4O. The van der Waals surface area contributed by atoms with E-state index in [1.807, 2.05) is 35.0 Å². The Morgan fingerprint density at radius 2 is 1.96 bits per heavy atom. The molecule has 1 aromatic heterocycles. The normalized spacial score (nSPS) is 14.3. The summed E-state index contributed by atoms with van der Waals surface area (Å²) in [6.45, 7) is 0.970. The third-order valence-electron chi connectivity index (χ3n) is 4.63. The van der Waals surface area contributed by atoms with Crippen molar-refractivity contribution in [3.63, 3.8) is 0 Å². The van der Waals surface area contributed by atoms with Crippen molar-refractivity contribution in [2.75, 3.05) is 0 Å². The van der Waals surface area contributed by atoms with E-state index in [1.54, 1.807) is 23.2 Å². The van der Waals surface area contributed by atoms with Gasteiger partial charge in [0, 0.05) is 12.1 Å². The highest BCUT2D eigenvalue weighted by atomic mass is 19.1. The minimum Gasteiger partial charge on any atom is -0.331 e. The molecule has 2 aromatic carbocycles. The van der Waals surface area contributed by atoms with Crippen LogP contribution in [0.25, 0.3) is 5.69 Å². The highest BCUT2D eigenvalue weighted by Crippen LogP contribution is 2.25. The van der Waals surface area contributed by atoms with Gasteiger partial charge in [0.05, 0.1) is 30.2 Å². The fourth-order valence-corrected chi connectivity index (χ4v) is 3.34. The molecule has 3 aromatic rings. The van der Waals surface area contributed by atoms with Crippen LogP contribution in [0, 0.1) is 5.82 Å². The lowest BCUT2D eigenvalue weighted by Gasteiger charge is -2.21. The SMILES string of the molecule is NC(Cc1cccc(F)c1)C(=O)N1Cc2cnn(-c3ccccc3)c2C1. The molecule has 0 bridgehead atoms. The minimum atomic E-state index is -0.695. The van der Waals surface area contributed by atoms with Gasteiger partial charge in [0.15, 0.2) is 0 Å². The van der Waals surface area contributed by atoms with Gasteiger partial charge >= 0.3 is 0 Å². The first-order valence-electron chi connectivity index (χ1n) is 8.52. The molecule has 5 nitrogen and oxygen atoms in total. The van der Waals surface area contributed by atoms with Crippen molar-refractivity contribution < 1.29 is 9.18 Å². The summed E-state index contributed by atoms with van der Waals surface area (Å²) in [6, 6.07) is 15.3. The number of rotatable bonds is 4. The number of para-hydroxylation sites is 1. The van der Waals surface area contributed by atoms with Crippen molar-refractivity contribution >= 4 is 5.91 Å². The summed E-state index contributed by atoms with van der Waals surface area (Å²) in [5.41, 5.74) is 9.81. The van der Waals surface area contributed by atoms with E-state index < -0.39 is 6.04 Å². The molecule has 132 valence electrons. The molecule has 0 saturated heterocycles. The molecular weight excluding hydrogens is 331 g/mol. The minimum absolute atomic E-state index is 0.134. The molecule has 6 heteroatoms. The number of carbonyl (C=O) groups is 1. The summed E-state index contributed by atoms with van der Waals surface area (Å²) in [5, 5.41) is 4.43. The Hall–Kier alpha value is -2.99. The molecule has 1 aliphatic heterocycles. The number of hydrogen-bond acceptors (Lipinski definition) is 3. The monoisotopic (exact) mass is 350 g/mol. The van der Waals surface area contributed by atoms with Gasteiger partial charge in [-0.15, -0.1) is 0 Å². The second-order valence-corrected chi connectivity index (χ2v) is 6.50. The van der Waals surface area contributed by atoms with Crippen LogP contribution < -0.4 is 5.73 Å². The number of benzene rings is 2. The maximum Gasteiger partial charge on any atom is 0.240 e. The van der Waals surface area contributed by atoms with Crippen molar-refractivity contribution in [2.24, 2.45) is 5.73 Å². The molecule has 0 radical (unpaired) electrons. The molecule has 0 aliphatic carbocycles. The summed E-state index contributed by atoms with van der Waals surface area (Å²) >= 11 is 0. The summed E-state index contributed by atoms with van der Waals surface area (Å²) in [5.74, 6) is -0.455. The average Bonchev–Trinajstić information content (AvgIpc) is 3.22. The maximum atomic E-state index is 13.3. The largest absolute Gasteiger partial charge is 0.331 e. The topological polar surface area (TPSA) is 64.2 Å². The Bertz CT molecular complexity index is 938. The van der Waals surface area contributed by atoms with E-state index in [9.17, 15) is 9.18 Å². The number of nitrogens with two attached hydrogens (primary N) is 1. The van der Waals surface area contributed by atoms with Gasteiger partial charge in [0.2, 0.25) is 5.91 Å². The van der Waals surface area contributed by atoms with E-state index in [2.05, 4.69) is 5.10 Å². The van der Waals surface area contributed by atoms with Crippen LogP contribution in [0.2, 0.25) is 0 Å². The third-order valence-corrected chi connectivity index (χ3v) is 4.63. The number of hydrogen-bond donors (Lipinski definition) is 1. The van der Waals surface area contributed by atoms with Crippen LogP contribution in [0.1, 0.15) is 16.8 Å². The van der Waals surface area contributed by atoms with Gasteiger partial charge in [0.25, 0.3) is 0 Å². The van der Waals surface area contributed by atoms with Gasteiger partial charge in [-0.3, -0.25) is 4.79 Å². The Kier molecular flexibility index (Phi) is 4.26. The molecule has 1 aliphatic rings. The molecule has 1 amide bonds. The zero-order valence-corrected chi connectivity index (χ0v) is 14.2. The van der Waals surface area contributed by atoms with E-state index in [-0.39, 0.29) is 11.7 Å². The van der Waals surface area contributed by atoms with Gasteiger partial charge in [-0.25, -0.2) is 9.07 Å². The van der Waals surface area contributed by atoms with Crippen LogP contribution in [-0.4, -0.2) is 26.6 Å². The predicted molar refractivity (Wildman–Crippen MR) is 95.9 cm³/mol. The first kappa shape index (κ1) is 16.5. The van der Waals surface area contributed by atoms with Crippen LogP contribution >= 0.6 is 0 Å². The van der Waals surface area contributed by atoms with E-state index in [0.717, 1.165) is 22.5 Å². The standard InChI is InChI=1S/C20H19FN4O/c21-16-6-4-5-14(9-16)10-18(22)20(26)24-12-15-11-23-25(19(15)13-24)17-7-2-1-3-8-17/h1-9,11,18H,10,12-13,22H2. The fourth-order valence-electron chi connectivity index (χ4n) is 3.34. The molecule has 26 heavy (non-hydrogen) atoms. The van der Waals surface area contributed by atoms with Gasteiger partial charge in [-0.1, -0.05) is 30.3 Å². The fraction of sp³-hybridized carbons (Fsp3) is 0.200. The van der Waals surface area contributed by atoms with Crippen molar-refractivity contribution in [1.82, 2.24) is 14.7 Å². The van der Waals surface area contributed by atoms with Crippen molar-refractivity contribution in [3.8, 4) is 5.69 Å². The zero-order chi connectivity index (χ0) is 18.1. The van der Waals surface area contributed by atoms with Gasteiger partial charge in [0.1, 0.15) is 5.82 Å². The molecule has 1 atom stereocenters. The van der Waals surface area contributed by atoms with Crippen LogP contribution in [0.15, 0.2) is 60.8 Å². The lowest BCUT2D eigenvalue weighted by molar-refractivity contribution is -0.133. The number of carbonyl (C=O) groups excluding carboxylic acids is 1. The van der Waals surface area contributed by atoms with Crippen LogP contribution in [0.4, 0.5) is 4.39 Å². The van der Waals surface area contributed by atoms with Gasteiger partial charge in [-0.05, 0) is 36.2 Å². The summed E-state index contributed by atoms with van der Waals surface area (Å²) < 4.78 is 15.2. The Labute approximate surface area is 150 Å². The van der Waals surface area contributed by atoms with E-state index in [1.165, 1.54) is 12.1 Å². The van der Waals surface area contributed by atoms with Crippen molar-refractivity contribution in [3.05, 3.63) is 83.4 Å². The molecule has 2 heterocycles. The number of halogens is 1. The number of nitrogens with zero attached hydrogens (tertiary/aromatic N) is 3. The highest BCUT2D eigenvalue weighted by Gasteiger charge is 2.30. The first-order chi connectivity index (χ1) is 12.6. The van der Waals surface area contributed by atoms with Crippen LogP contribution in [0.5, 0.6) is 0 Å². The van der Waals surface area contributed by atoms with Gasteiger partial charge in [-0.2, -0.15) is 5.10 Å². The molecule has 0 spiro atoms. The molecule has 4 rings (SSSR count). The zero-order valence-electron chi connectivity index (χ0n) is 14.2. The van der Waals surface area contributed by atoms with Crippen molar-refractivity contribution in [1.29, 1.82) is 0 Å². The smallest absolute Gasteiger partial charge is 0.240 e. The molecule has 0 fully saturated rings. The lowest BCUT2D eigenvalue weighted by Crippen LogP contribution is -2.42. The molecule has 2 N–H and O–H groups in total. The molecule has 1 unspecified atom stereocenters. The summed E-state index contributed by atoms with van der Waals surface area (Å²) in [6.07, 6.45) is 2.11. The van der Waals surface area contributed by atoms with Crippen LogP contribution in [-0.2, 0) is 24.3 Å². The van der Waals surface area contributed by atoms with Gasteiger partial charge < -0.3 is 10.6 Å². The number of aromatic nitrogens is 2. The van der Waals surface area contributed by atoms with E-state index in [0.29, 0.717) is 19.5 Å². The maximum absolute atomic E-state index is 13.3. The van der Waals surface area contributed by atoms with Crippen LogP contribution in [0.3, 0.4) is 0 Å². The number of amides is 1. The third kappa shape index (κ3) is 3.11. The number of fused-ring (bicyclic) bond motifs is 1. The second kappa shape index (κ2) is 6.72. The predicted octanol–water partition coefficient (Wildman–Crippen LogP) is 2.42. The quantitative estimate of drug-likeness (QED) is 0.786.